The summed E-state index contributed by atoms with van der Waals surface area (Å²) in [6.45, 7) is 10.6. The van der Waals surface area contributed by atoms with Gasteiger partial charge in [-0.05, 0) is 81.2 Å². The number of hydrogen-bond acceptors (Lipinski definition) is 5. The number of esters is 1. The van der Waals surface area contributed by atoms with Crippen molar-refractivity contribution in [1.82, 2.24) is 4.90 Å². The van der Waals surface area contributed by atoms with E-state index >= 15 is 0 Å². The van der Waals surface area contributed by atoms with Gasteiger partial charge in [0.25, 0.3) is 17.2 Å². The topological polar surface area (TPSA) is 87.2 Å². The summed E-state index contributed by atoms with van der Waals surface area (Å²) in [5, 5.41) is 0.774. The van der Waals surface area contributed by atoms with Crippen molar-refractivity contribution in [2.24, 2.45) is 11.8 Å². The molecule has 1 heterocycles. The highest BCUT2D eigenvalue weighted by atomic mass is 32.2. The molecular formula is C35H46N2O5S2. The van der Waals surface area contributed by atoms with E-state index < -0.39 is 16.8 Å². The maximum Gasteiger partial charge on any atom is 0.305 e. The highest BCUT2D eigenvalue weighted by molar-refractivity contribution is 7.81. The number of methoxy groups -OCH3 is 1. The summed E-state index contributed by atoms with van der Waals surface area (Å²) in [5.74, 6) is 0.213. The Morgan fingerprint density at radius 1 is 1.05 bits per heavy atom. The number of benzene rings is 2. The number of nitrogens with zero attached hydrogens (tertiary/aromatic N) is 2. The normalized spacial score (nSPS) is 17.7. The minimum absolute atomic E-state index is 0.0404. The van der Waals surface area contributed by atoms with E-state index in [9.17, 15) is 18.4 Å². The zero-order chi connectivity index (χ0) is 32.0. The quantitative estimate of drug-likeness (QED) is 0.169. The largest absolute Gasteiger partial charge is 0.469 e. The number of carbonyl (C=O) groups excluding carboxylic acids is 2. The molecule has 0 bridgehead atoms. The summed E-state index contributed by atoms with van der Waals surface area (Å²) in [4.78, 5) is 29.4. The smallest absolute Gasteiger partial charge is 0.305 e. The van der Waals surface area contributed by atoms with Gasteiger partial charge in [-0.2, -0.15) is 0 Å². The van der Waals surface area contributed by atoms with Crippen LogP contribution in [0.2, 0.25) is 0 Å². The van der Waals surface area contributed by atoms with Crippen molar-refractivity contribution in [2.75, 3.05) is 11.4 Å². The monoisotopic (exact) mass is 638 g/mol. The lowest BCUT2D eigenvalue weighted by atomic mass is 9.81. The Labute approximate surface area is 269 Å². The molecule has 9 heteroatoms. The van der Waals surface area contributed by atoms with Crippen molar-refractivity contribution >= 4 is 39.5 Å². The van der Waals surface area contributed by atoms with Crippen LogP contribution in [0.4, 0.5) is 5.00 Å². The summed E-state index contributed by atoms with van der Waals surface area (Å²) in [7, 11) is 1.41. The van der Waals surface area contributed by atoms with Crippen molar-refractivity contribution in [2.45, 2.75) is 91.3 Å². The van der Waals surface area contributed by atoms with E-state index in [1.54, 1.807) is 15.6 Å². The first kappa shape index (κ1) is 33.9. The van der Waals surface area contributed by atoms with Crippen molar-refractivity contribution in [3.8, 4) is 11.1 Å². The van der Waals surface area contributed by atoms with Gasteiger partial charge in [-0.1, -0.05) is 69.2 Å². The van der Waals surface area contributed by atoms with E-state index in [2.05, 4.69) is 19.9 Å². The molecule has 1 saturated carbocycles. The number of ether oxygens (including phenoxy) is 1. The van der Waals surface area contributed by atoms with Gasteiger partial charge in [0.15, 0.2) is 0 Å². The van der Waals surface area contributed by atoms with E-state index in [1.165, 1.54) is 12.0 Å². The van der Waals surface area contributed by atoms with Crippen molar-refractivity contribution in [3.05, 3.63) is 76.7 Å². The molecule has 3 aromatic rings. The summed E-state index contributed by atoms with van der Waals surface area (Å²) in [6, 6.07) is 19.6. The van der Waals surface area contributed by atoms with Crippen LogP contribution < -0.4 is 4.31 Å². The van der Waals surface area contributed by atoms with Gasteiger partial charge in [0, 0.05) is 34.1 Å². The summed E-state index contributed by atoms with van der Waals surface area (Å²) in [6.07, 6.45) is 4.96. The van der Waals surface area contributed by atoms with E-state index in [0.29, 0.717) is 24.4 Å². The zero-order valence-electron chi connectivity index (χ0n) is 26.7. The molecule has 0 spiro atoms. The summed E-state index contributed by atoms with van der Waals surface area (Å²) < 4.78 is 29.4. The molecule has 0 radical (unpaired) electrons. The lowest BCUT2D eigenvalue weighted by Crippen LogP contribution is -2.46. The van der Waals surface area contributed by atoms with Crippen LogP contribution in [0.3, 0.4) is 0 Å². The predicted molar refractivity (Wildman–Crippen MR) is 180 cm³/mol. The highest BCUT2D eigenvalue weighted by Gasteiger charge is 2.35. The molecule has 4 rings (SSSR count). The highest BCUT2D eigenvalue weighted by Crippen LogP contribution is 2.43. The molecular weight excluding hydrogens is 593 g/mol. The van der Waals surface area contributed by atoms with Crippen LogP contribution >= 0.6 is 11.3 Å². The lowest BCUT2D eigenvalue weighted by molar-refractivity contribution is -0.142. The summed E-state index contributed by atoms with van der Waals surface area (Å²) >= 11 is -0.618. The molecule has 3 atom stereocenters. The number of amides is 1. The zero-order valence-corrected chi connectivity index (χ0v) is 28.4. The minimum Gasteiger partial charge on any atom is -0.469 e. The fourth-order valence-electron chi connectivity index (χ4n) is 6.11. The van der Waals surface area contributed by atoms with Gasteiger partial charge >= 0.3 is 5.97 Å². The maximum atomic E-state index is 14.0. The molecule has 2 unspecified atom stereocenters. The van der Waals surface area contributed by atoms with E-state index in [4.69, 9.17) is 4.74 Å². The average molecular weight is 639 g/mol. The van der Waals surface area contributed by atoms with Crippen LogP contribution in [0.1, 0.15) is 87.5 Å². The van der Waals surface area contributed by atoms with Gasteiger partial charge < -0.3 is 9.64 Å². The number of thiophene rings is 1. The number of hydrogen-bond donors (Lipinski definition) is 1. The fourth-order valence-corrected chi connectivity index (χ4v) is 8.61. The van der Waals surface area contributed by atoms with Crippen LogP contribution in [-0.2, 0) is 33.8 Å². The van der Waals surface area contributed by atoms with Crippen LogP contribution in [0.5, 0.6) is 0 Å². The Kier molecular flexibility index (Phi) is 11.4. The SMILES string of the molecule is COC(=O)CC1CCCC[C@@H]1N(Cc1ccc(-c2cc(CC(C)C)sc2N(S(=O)O)C(C)(C)C)cc1)C(=O)c1ccccc1. The number of rotatable bonds is 11. The van der Waals surface area contributed by atoms with E-state index in [-0.39, 0.29) is 23.8 Å². The lowest BCUT2D eigenvalue weighted by Gasteiger charge is -2.40. The Morgan fingerprint density at radius 2 is 1.70 bits per heavy atom. The molecule has 238 valence electrons. The molecule has 0 aliphatic heterocycles. The molecule has 2 aromatic carbocycles. The third kappa shape index (κ3) is 8.37. The Bertz CT molecular complexity index is 1430. The molecule has 0 saturated heterocycles. The van der Waals surface area contributed by atoms with Gasteiger partial charge in [0.05, 0.1) is 13.5 Å². The fraction of sp³-hybridized carbons (Fsp3) is 0.486. The third-order valence-electron chi connectivity index (χ3n) is 8.15. The molecule has 1 aliphatic carbocycles. The Morgan fingerprint density at radius 3 is 2.30 bits per heavy atom. The second kappa shape index (κ2) is 14.8. The third-order valence-corrected chi connectivity index (χ3v) is 10.4. The molecule has 1 N–H and O–H groups in total. The number of carbonyl (C=O) groups is 2. The maximum absolute atomic E-state index is 14.0. The van der Waals surface area contributed by atoms with Crippen molar-refractivity contribution < 1.29 is 23.1 Å². The van der Waals surface area contributed by atoms with Crippen molar-refractivity contribution in [1.29, 1.82) is 0 Å². The van der Waals surface area contributed by atoms with Gasteiger partial charge in [-0.15, -0.1) is 11.3 Å². The average Bonchev–Trinajstić information content (AvgIpc) is 3.37. The first-order valence-electron chi connectivity index (χ1n) is 15.4. The van der Waals surface area contributed by atoms with Crippen LogP contribution in [0.15, 0.2) is 60.7 Å². The molecule has 7 nitrogen and oxygen atoms in total. The standard InChI is InChI=1S/C35H46N2O5S2/c1-24(2)20-29-22-30(34(43-29)37(44(40)41)35(3,4)5)26-18-16-25(17-19-26)23-36(33(39)27-12-8-7-9-13-27)31-15-11-10-14-28(31)21-32(38)42-6/h7-9,12-13,16-19,22,24,28,31H,10-11,14-15,20-21,23H2,1-6H3,(H,40,41)/t28?,31-/m0/s1. The van der Waals surface area contributed by atoms with Gasteiger partial charge in [-0.25, -0.2) is 4.21 Å². The first-order chi connectivity index (χ1) is 20.9. The first-order valence-corrected chi connectivity index (χ1v) is 17.3. The number of anilines is 1. The molecule has 1 aliphatic rings. The van der Waals surface area contributed by atoms with E-state index in [0.717, 1.165) is 53.8 Å². The second-order valence-corrected chi connectivity index (χ2v) is 15.1. The predicted octanol–water partition coefficient (Wildman–Crippen LogP) is 8.12. The van der Waals surface area contributed by atoms with Gasteiger partial charge in [-0.3, -0.25) is 18.4 Å². The van der Waals surface area contributed by atoms with Crippen LogP contribution in [0, 0.1) is 11.8 Å². The Hall–Kier alpha value is -3.01. The van der Waals surface area contributed by atoms with Crippen LogP contribution in [-0.4, -0.2) is 44.2 Å². The molecule has 44 heavy (non-hydrogen) atoms. The Balaban J connectivity index is 1.69. The van der Waals surface area contributed by atoms with E-state index in [1.807, 2.05) is 80.3 Å². The van der Waals surface area contributed by atoms with Gasteiger partial charge in [0.1, 0.15) is 5.00 Å². The van der Waals surface area contributed by atoms with Crippen molar-refractivity contribution in [3.63, 3.8) is 0 Å². The molecule has 1 amide bonds. The summed E-state index contributed by atoms with van der Waals surface area (Å²) in [5.41, 5.74) is 2.94. The molecule has 1 aromatic heterocycles. The molecule has 1 fully saturated rings. The minimum atomic E-state index is -2.19. The van der Waals surface area contributed by atoms with Crippen LogP contribution in [0.25, 0.3) is 11.1 Å². The second-order valence-electron chi connectivity index (χ2n) is 13.1. The van der Waals surface area contributed by atoms with Gasteiger partial charge in [0.2, 0.25) is 0 Å².